The number of halogens is 1. The van der Waals surface area contributed by atoms with Gasteiger partial charge in [0.2, 0.25) is 0 Å². The minimum atomic E-state index is -0.236. The molecule has 0 saturated carbocycles. The van der Waals surface area contributed by atoms with E-state index in [0.717, 1.165) is 5.69 Å². The molecule has 1 heterocycles. The van der Waals surface area contributed by atoms with E-state index < -0.39 is 0 Å². The first-order valence-corrected chi connectivity index (χ1v) is 7.08. The highest BCUT2D eigenvalue weighted by Gasteiger charge is 2.03. The number of hydrogen-bond acceptors (Lipinski definition) is 4. The smallest absolute Gasteiger partial charge is 0.128 e. The Morgan fingerprint density at radius 3 is 2.90 bits per heavy atom. The van der Waals surface area contributed by atoms with Gasteiger partial charge in [0.15, 0.2) is 0 Å². The molecule has 0 aliphatic rings. The second-order valence-corrected chi connectivity index (χ2v) is 5.15. The molecular weight excluding hydrogens is 271 g/mol. The summed E-state index contributed by atoms with van der Waals surface area (Å²) in [6.07, 6.45) is 1.89. The van der Waals surface area contributed by atoms with Gasteiger partial charge in [-0.3, -0.25) is 0 Å². The van der Waals surface area contributed by atoms with Crippen LogP contribution in [-0.4, -0.2) is 27.6 Å². The second-order valence-electron chi connectivity index (χ2n) is 5.15. The van der Waals surface area contributed by atoms with Crippen LogP contribution in [0.5, 0.6) is 0 Å². The summed E-state index contributed by atoms with van der Waals surface area (Å²) in [5.74, 6) is -0.236. The van der Waals surface area contributed by atoms with Gasteiger partial charge in [-0.25, -0.2) is 9.07 Å². The topological polar surface area (TPSA) is 52.0 Å². The van der Waals surface area contributed by atoms with Crippen LogP contribution in [0.1, 0.15) is 25.1 Å². The first-order valence-electron chi connectivity index (χ1n) is 7.08. The molecule has 0 amide bonds. The summed E-state index contributed by atoms with van der Waals surface area (Å²) in [6.45, 7) is 6.21. The molecule has 0 radical (unpaired) electrons. The second kappa shape index (κ2) is 7.85. The zero-order valence-corrected chi connectivity index (χ0v) is 12.4. The zero-order valence-electron chi connectivity index (χ0n) is 12.4. The van der Waals surface area contributed by atoms with Crippen LogP contribution >= 0.6 is 0 Å². The molecule has 2 rings (SSSR count). The summed E-state index contributed by atoms with van der Waals surface area (Å²) in [5.41, 5.74) is 1.47. The van der Waals surface area contributed by atoms with E-state index in [4.69, 9.17) is 4.74 Å². The van der Waals surface area contributed by atoms with Gasteiger partial charge in [0, 0.05) is 24.3 Å². The van der Waals surface area contributed by atoms with Crippen molar-refractivity contribution in [2.45, 2.75) is 39.6 Å². The van der Waals surface area contributed by atoms with Gasteiger partial charge in [0.1, 0.15) is 5.82 Å². The summed E-state index contributed by atoms with van der Waals surface area (Å²) in [6, 6.07) is 7.04. The highest BCUT2D eigenvalue weighted by atomic mass is 19.1. The third-order valence-electron chi connectivity index (χ3n) is 2.96. The van der Waals surface area contributed by atoms with Crippen molar-refractivity contribution in [3.8, 4) is 0 Å². The molecule has 2 aromatic rings. The lowest BCUT2D eigenvalue weighted by Gasteiger charge is -2.05. The van der Waals surface area contributed by atoms with Gasteiger partial charge in [-0.05, 0) is 6.07 Å². The van der Waals surface area contributed by atoms with E-state index in [0.29, 0.717) is 31.3 Å². The Labute approximate surface area is 124 Å². The number of ether oxygens (including phenoxy) is 1. The van der Waals surface area contributed by atoms with Crippen molar-refractivity contribution in [1.82, 2.24) is 20.3 Å². The molecule has 0 atom stereocenters. The van der Waals surface area contributed by atoms with Crippen molar-refractivity contribution < 1.29 is 9.13 Å². The molecule has 5 nitrogen and oxygen atoms in total. The van der Waals surface area contributed by atoms with Crippen LogP contribution in [0.15, 0.2) is 30.5 Å². The molecular formula is C15H21FN4O. The molecule has 0 bridgehead atoms. The van der Waals surface area contributed by atoms with E-state index in [9.17, 15) is 4.39 Å². The average Bonchev–Trinajstić information content (AvgIpc) is 2.91. The van der Waals surface area contributed by atoms with Gasteiger partial charge < -0.3 is 10.1 Å². The zero-order chi connectivity index (χ0) is 15.1. The Hall–Kier alpha value is -1.79. The van der Waals surface area contributed by atoms with Crippen LogP contribution in [0, 0.1) is 5.82 Å². The molecule has 114 valence electrons. The van der Waals surface area contributed by atoms with Crippen molar-refractivity contribution in [3.63, 3.8) is 0 Å². The highest BCUT2D eigenvalue weighted by molar-refractivity contribution is 5.16. The Morgan fingerprint density at radius 1 is 1.33 bits per heavy atom. The molecule has 1 N–H and O–H groups in total. The van der Waals surface area contributed by atoms with E-state index in [1.807, 2.05) is 6.20 Å². The number of nitrogens with one attached hydrogen (secondary N) is 1. The Balaban J connectivity index is 1.70. The van der Waals surface area contributed by atoms with E-state index >= 15 is 0 Å². The van der Waals surface area contributed by atoms with Gasteiger partial charge in [0.05, 0.1) is 25.5 Å². The van der Waals surface area contributed by atoms with Gasteiger partial charge in [-0.1, -0.05) is 37.3 Å². The largest absolute Gasteiger partial charge is 0.375 e. The highest BCUT2D eigenvalue weighted by Crippen LogP contribution is 2.07. The average molecular weight is 292 g/mol. The third-order valence-corrected chi connectivity index (χ3v) is 2.96. The first-order chi connectivity index (χ1) is 10.1. The minimum absolute atomic E-state index is 0.236. The Morgan fingerprint density at radius 2 is 2.14 bits per heavy atom. The molecule has 0 fully saturated rings. The number of hydrogen-bond donors (Lipinski definition) is 1. The molecule has 21 heavy (non-hydrogen) atoms. The summed E-state index contributed by atoms with van der Waals surface area (Å²) in [7, 11) is 0. The Bertz CT molecular complexity index is 556. The van der Waals surface area contributed by atoms with Crippen molar-refractivity contribution in [2.24, 2.45) is 0 Å². The van der Waals surface area contributed by atoms with Crippen LogP contribution in [0.2, 0.25) is 0 Å². The third kappa shape index (κ3) is 5.24. The number of aromatic nitrogens is 3. The lowest BCUT2D eigenvalue weighted by atomic mass is 10.2. The molecule has 0 aliphatic heterocycles. The van der Waals surface area contributed by atoms with E-state index in [-0.39, 0.29) is 12.4 Å². The maximum absolute atomic E-state index is 13.4. The molecule has 0 saturated heterocycles. The summed E-state index contributed by atoms with van der Waals surface area (Å²) < 4.78 is 20.6. The van der Waals surface area contributed by atoms with E-state index in [1.54, 1.807) is 22.9 Å². The molecule has 0 unspecified atom stereocenters. The van der Waals surface area contributed by atoms with Crippen molar-refractivity contribution in [2.75, 3.05) is 6.61 Å². The SMILES string of the molecule is CC(C)NCc1cn(CCOCc2ccccc2F)nn1. The van der Waals surface area contributed by atoms with Crippen LogP contribution < -0.4 is 5.32 Å². The van der Waals surface area contributed by atoms with E-state index in [1.165, 1.54) is 6.07 Å². The molecule has 0 spiro atoms. The molecule has 1 aromatic carbocycles. The Kier molecular flexibility index (Phi) is 5.83. The lowest BCUT2D eigenvalue weighted by molar-refractivity contribution is 0.108. The van der Waals surface area contributed by atoms with Gasteiger partial charge >= 0.3 is 0 Å². The summed E-state index contributed by atoms with van der Waals surface area (Å²) in [4.78, 5) is 0. The monoisotopic (exact) mass is 292 g/mol. The summed E-state index contributed by atoms with van der Waals surface area (Å²) >= 11 is 0. The molecule has 1 aromatic heterocycles. The normalized spacial score (nSPS) is 11.2. The maximum atomic E-state index is 13.4. The molecule has 0 aliphatic carbocycles. The van der Waals surface area contributed by atoms with Crippen molar-refractivity contribution in [1.29, 1.82) is 0 Å². The quantitative estimate of drug-likeness (QED) is 0.757. The van der Waals surface area contributed by atoms with Gasteiger partial charge in [0.25, 0.3) is 0 Å². The summed E-state index contributed by atoms with van der Waals surface area (Å²) in [5, 5.41) is 11.4. The van der Waals surface area contributed by atoms with Gasteiger partial charge in [-0.15, -0.1) is 5.10 Å². The molecule has 6 heteroatoms. The standard InChI is InChI=1S/C15H21FN4O/c1-12(2)17-9-14-10-20(19-18-14)7-8-21-11-13-5-3-4-6-15(13)16/h3-6,10,12,17H,7-9,11H2,1-2H3. The minimum Gasteiger partial charge on any atom is -0.375 e. The fraction of sp³-hybridized carbons (Fsp3) is 0.467. The predicted octanol–water partition coefficient (Wildman–Crippen LogP) is 2.13. The van der Waals surface area contributed by atoms with Crippen LogP contribution in [0.25, 0.3) is 0 Å². The number of rotatable bonds is 8. The predicted molar refractivity (Wildman–Crippen MR) is 78.1 cm³/mol. The fourth-order valence-corrected chi connectivity index (χ4v) is 1.79. The van der Waals surface area contributed by atoms with Gasteiger partial charge in [-0.2, -0.15) is 0 Å². The number of benzene rings is 1. The van der Waals surface area contributed by atoms with Crippen LogP contribution in [-0.2, 0) is 24.4 Å². The first kappa shape index (κ1) is 15.6. The van der Waals surface area contributed by atoms with Crippen molar-refractivity contribution >= 4 is 0 Å². The van der Waals surface area contributed by atoms with Crippen LogP contribution in [0.3, 0.4) is 0 Å². The lowest BCUT2D eigenvalue weighted by Crippen LogP contribution is -2.21. The fourth-order valence-electron chi connectivity index (χ4n) is 1.79. The van der Waals surface area contributed by atoms with Crippen molar-refractivity contribution in [3.05, 3.63) is 47.5 Å². The van der Waals surface area contributed by atoms with E-state index in [2.05, 4.69) is 29.5 Å². The maximum Gasteiger partial charge on any atom is 0.128 e. The van der Waals surface area contributed by atoms with Crippen LogP contribution in [0.4, 0.5) is 4.39 Å². The number of nitrogens with zero attached hydrogens (tertiary/aromatic N) is 3.